The van der Waals surface area contributed by atoms with E-state index in [9.17, 15) is 14.4 Å². The summed E-state index contributed by atoms with van der Waals surface area (Å²) in [5, 5.41) is 7.86. The number of halogens is 1. The lowest BCUT2D eigenvalue weighted by Crippen LogP contribution is -2.42. The van der Waals surface area contributed by atoms with Crippen LogP contribution in [0, 0.1) is 6.92 Å². The van der Waals surface area contributed by atoms with Crippen LogP contribution in [0.2, 0.25) is 5.02 Å². The number of imide groups is 1. The van der Waals surface area contributed by atoms with Gasteiger partial charge in [-0.1, -0.05) is 17.7 Å². The van der Waals surface area contributed by atoms with E-state index < -0.39 is 24.5 Å². The third-order valence-corrected chi connectivity index (χ3v) is 5.18. The quantitative estimate of drug-likeness (QED) is 0.582. The van der Waals surface area contributed by atoms with Gasteiger partial charge in [-0.15, -0.1) is 11.3 Å². The number of rotatable bonds is 6. The van der Waals surface area contributed by atoms with Gasteiger partial charge in [-0.25, -0.2) is 9.59 Å². The molecule has 0 aliphatic carbocycles. The van der Waals surface area contributed by atoms with E-state index in [1.54, 1.807) is 42.5 Å². The monoisotopic (exact) mass is 431 g/mol. The van der Waals surface area contributed by atoms with Crippen molar-refractivity contribution in [2.24, 2.45) is 0 Å². The highest BCUT2D eigenvalue weighted by molar-refractivity contribution is 7.09. The minimum absolute atomic E-state index is 0.230. The minimum Gasteiger partial charge on any atom is -0.452 e. The number of ether oxygens (including phenoxy) is 1. The highest BCUT2D eigenvalue weighted by atomic mass is 35.5. The number of carbonyl (C=O) groups is 3. The minimum atomic E-state index is -0.721. The molecule has 0 saturated carbocycles. The molecule has 150 valence electrons. The summed E-state index contributed by atoms with van der Waals surface area (Å²) in [6.45, 7) is 1.49. The van der Waals surface area contributed by atoms with Crippen LogP contribution in [0.15, 0.2) is 41.8 Å². The normalized spacial score (nSPS) is 10.6. The molecule has 2 heterocycles. The Balaban J connectivity index is 1.49. The van der Waals surface area contributed by atoms with Crippen molar-refractivity contribution >= 4 is 51.7 Å². The zero-order chi connectivity index (χ0) is 20.8. The second kappa shape index (κ2) is 9.49. The van der Waals surface area contributed by atoms with Gasteiger partial charge in [-0.2, -0.15) is 0 Å². The largest absolute Gasteiger partial charge is 0.452 e. The predicted octanol–water partition coefficient (Wildman–Crippen LogP) is 3.48. The molecule has 3 aromatic rings. The number of nitrogens with zero attached hydrogens (tertiary/aromatic N) is 1. The van der Waals surface area contributed by atoms with E-state index in [1.807, 2.05) is 17.5 Å². The molecule has 29 heavy (non-hydrogen) atoms. The smallest absolute Gasteiger partial charge is 0.340 e. The second-order valence-electron chi connectivity index (χ2n) is 6.17. The molecular weight excluding hydrogens is 414 g/mol. The summed E-state index contributed by atoms with van der Waals surface area (Å²) in [6.07, 6.45) is 0.673. The number of hydrogen-bond acceptors (Lipinski definition) is 6. The van der Waals surface area contributed by atoms with Crippen molar-refractivity contribution in [2.45, 2.75) is 13.3 Å². The number of pyridine rings is 1. The molecule has 0 saturated heterocycles. The second-order valence-corrected chi connectivity index (χ2v) is 7.64. The third-order valence-electron chi connectivity index (χ3n) is 4.01. The highest BCUT2D eigenvalue weighted by Crippen LogP contribution is 2.21. The average Bonchev–Trinajstić information content (AvgIpc) is 3.19. The number of urea groups is 1. The number of hydrogen-bond donors (Lipinski definition) is 2. The summed E-state index contributed by atoms with van der Waals surface area (Å²) in [5.41, 5.74) is 1.39. The summed E-state index contributed by atoms with van der Waals surface area (Å²) < 4.78 is 5.01. The summed E-state index contributed by atoms with van der Waals surface area (Å²) in [4.78, 5) is 41.4. The maximum atomic E-state index is 12.3. The van der Waals surface area contributed by atoms with Gasteiger partial charge in [0.15, 0.2) is 6.61 Å². The molecular formula is C20H18ClN3O4S. The Morgan fingerprint density at radius 2 is 2.03 bits per heavy atom. The van der Waals surface area contributed by atoms with Gasteiger partial charge in [0, 0.05) is 21.8 Å². The van der Waals surface area contributed by atoms with E-state index in [0.29, 0.717) is 34.6 Å². The van der Waals surface area contributed by atoms with Gasteiger partial charge in [-0.05, 0) is 49.1 Å². The highest BCUT2D eigenvalue weighted by Gasteiger charge is 2.16. The number of fused-ring (bicyclic) bond motifs is 1. The van der Waals surface area contributed by atoms with Crippen LogP contribution in [0.1, 0.15) is 20.9 Å². The van der Waals surface area contributed by atoms with Gasteiger partial charge in [0.05, 0.1) is 16.8 Å². The van der Waals surface area contributed by atoms with Gasteiger partial charge >= 0.3 is 12.0 Å². The summed E-state index contributed by atoms with van der Waals surface area (Å²) >= 11 is 7.56. The summed E-state index contributed by atoms with van der Waals surface area (Å²) in [6, 6.07) is 10.0. The maximum Gasteiger partial charge on any atom is 0.340 e. The molecule has 0 aliphatic heterocycles. The van der Waals surface area contributed by atoms with Crippen LogP contribution in [-0.4, -0.2) is 36.0 Å². The van der Waals surface area contributed by atoms with E-state index in [2.05, 4.69) is 15.6 Å². The first-order valence-corrected chi connectivity index (χ1v) is 10.0. The molecule has 0 atom stereocenters. The van der Waals surface area contributed by atoms with E-state index in [0.717, 1.165) is 4.88 Å². The SMILES string of the molecule is Cc1nc2ccc(Cl)cc2cc1C(=O)OCC(=O)NC(=O)NCCc1cccs1. The number of carbonyl (C=O) groups excluding carboxylic acids is 3. The standard InChI is InChI=1S/C20H18ClN3O4S/c1-12-16(10-13-9-14(21)4-5-17(13)23-12)19(26)28-11-18(25)24-20(27)22-7-6-15-3-2-8-29-15/h2-5,8-10H,6-7,11H2,1H3,(H2,22,24,25,27). The van der Waals surface area contributed by atoms with Gasteiger partial charge in [0.1, 0.15) is 0 Å². The fraction of sp³-hybridized carbons (Fsp3) is 0.200. The molecule has 0 radical (unpaired) electrons. The Bertz CT molecular complexity index is 1050. The molecule has 0 bridgehead atoms. The van der Waals surface area contributed by atoms with Crippen LogP contribution in [0.3, 0.4) is 0 Å². The van der Waals surface area contributed by atoms with Crippen LogP contribution in [-0.2, 0) is 16.0 Å². The lowest BCUT2D eigenvalue weighted by atomic mass is 10.1. The lowest BCUT2D eigenvalue weighted by molar-refractivity contribution is -0.123. The number of aromatic nitrogens is 1. The Kier molecular flexibility index (Phi) is 6.79. The number of amides is 3. The van der Waals surface area contributed by atoms with Crippen molar-refractivity contribution in [2.75, 3.05) is 13.2 Å². The van der Waals surface area contributed by atoms with Crippen molar-refractivity contribution in [1.29, 1.82) is 0 Å². The third kappa shape index (κ3) is 5.75. The van der Waals surface area contributed by atoms with Crippen LogP contribution in [0.4, 0.5) is 4.79 Å². The molecule has 0 aliphatic rings. The molecule has 0 spiro atoms. The first kappa shape index (κ1) is 20.8. The Morgan fingerprint density at radius 3 is 2.79 bits per heavy atom. The maximum absolute atomic E-state index is 12.3. The molecule has 0 unspecified atom stereocenters. The van der Waals surface area contributed by atoms with E-state index >= 15 is 0 Å². The molecule has 3 amide bonds. The zero-order valence-corrected chi connectivity index (χ0v) is 17.1. The van der Waals surface area contributed by atoms with E-state index in [1.165, 1.54) is 0 Å². The fourth-order valence-corrected chi connectivity index (χ4v) is 3.51. The van der Waals surface area contributed by atoms with Crippen LogP contribution in [0.5, 0.6) is 0 Å². The number of esters is 1. The molecule has 9 heteroatoms. The first-order chi connectivity index (χ1) is 13.9. The fourth-order valence-electron chi connectivity index (χ4n) is 2.62. The number of nitrogens with one attached hydrogen (secondary N) is 2. The summed E-state index contributed by atoms with van der Waals surface area (Å²) in [5.74, 6) is -1.42. The Hall–Kier alpha value is -2.97. The molecule has 2 N–H and O–H groups in total. The number of thiophene rings is 1. The van der Waals surface area contributed by atoms with Crippen molar-refractivity contribution in [1.82, 2.24) is 15.6 Å². The van der Waals surface area contributed by atoms with Crippen molar-refractivity contribution in [3.63, 3.8) is 0 Å². The van der Waals surface area contributed by atoms with Crippen LogP contribution >= 0.6 is 22.9 Å². The van der Waals surface area contributed by atoms with Gasteiger partial charge < -0.3 is 10.1 Å². The van der Waals surface area contributed by atoms with Crippen molar-refractivity contribution < 1.29 is 19.1 Å². The predicted molar refractivity (Wildman–Crippen MR) is 111 cm³/mol. The number of aryl methyl sites for hydroxylation is 1. The Morgan fingerprint density at radius 1 is 1.21 bits per heavy atom. The van der Waals surface area contributed by atoms with E-state index in [-0.39, 0.29) is 5.56 Å². The Labute approximate surface area is 176 Å². The molecule has 2 aromatic heterocycles. The average molecular weight is 432 g/mol. The van der Waals surface area contributed by atoms with Gasteiger partial charge in [-0.3, -0.25) is 15.1 Å². The topological polar surface area (TPSA) is 97.4 Å². The van der Waals surface area contributed by atoms with E-state index in [4.69, 9.17) is 16.3 Å². The van der Waals surface area contributed by atoms with Gasteiger partial charge in [0.2, 0.25) is 0 Å². The number of benzene rings is 1. The molecule has 0 fully saturated rings. The molecule has 1 aromatic carbocycles. The van der Waals surface area contributed by atoms with Crippen LogP contribution < -0.4 is 10.6 Å². The molecule has 3 rings (SSSR count). The zero-order valence-electron chi connectivity index (χ0n) is 15.5. The van der Waals surface area contributed by atoms with Crippen LogP contribution in [0.25, 0.3) is 10.9 Å². The van der Waals surface area contributed by atoms with Crippen molar-refractivity contribution in [3.05, 3.63) is 62.9 Å². The summed E-state index contributed by atoms with van der Waals surface area (Å²) in [7, 11) is 0. The lowest BCUT2D eigenvalue weighted by Gasteiger charge is -2.09. The first-order valence-electron chi connectivity index (χ1n) is 8.76. The van der Waals surface area contributed by atoms with Crippen molar-refractivity contribution in [3.8, 4) is 0 Å². The van der Waals surface area contributed by atoms with Gasteiger partial charge in [0.25, 0.3) is 5.91 Å². The molecule has 7 nitrogen and oxygen atoms in total.